The van der Waals surface area contributed by atoms with Crippen LogP contribution in [0.25, 0.3) is 20.2 Å². The normalized spacial score (nSPS) is 15.0. The largest absolute Gasteiger partial charge is 0.462 e. The van der Waals surface area contributed by atoms with Gasteiger partial charge in [0.1, 0.15) is 0 Å². The topological polar surface area (TPSA) is 35.5 Å². The van der Waals surface area contributed by atoms with E-state index in [9.17, 15) is 4.57 Å². The number of hydrogen-bond donors (Lipinski definition) is 0. The molecule has 0 aliphatic carbocycles. The van der Waals surface area contributed by atoms with Crippen LogP contribution in [0.1, 0.15) is 22.3 Å². The van der Waals surface area contributed by atoms with Crippen molar-refractivity contribution in [1.29, 1.82) is 0 Å². The van der Waals surface area contributed by atoms with E-state index in [-0.39, 0.29) is 0 Å². The molecule has 3 aromatic carbocycles. The molecule has 1 aliphatic rings. The van der Waals surface area contributed by atoms with Crippen LogP contribution in [0, 0.1) is 27.7 Å². The van der Waals surface area contributed by atoms with Crippen molar-refractivity contribution in [3.63, 3.8) is 0 Å². The van der Waals surface area contributed by atoms with Gasteiger partial charge in [-0.25, -0.2) is 4.57 Å². The Morgan fingerprint density at radius 2 is 1.22 bits per heavy atom. The minimum absolute atomic E-state index is 0.568. The van der Waals surface area contributed by atoms with E-state index in [4.69, 9.17) is 9.05 Å². The molecule has 1 aliphatic heterocycles. The summed E-state index contributed by atoms with van der Waals surface area (Å²) in [7, 11) is -3.57. The van der Waals surface area contributed by atoms with Crippen molar-refractivity contribution >= 4 is 44.4 Å². The van der Waals surface area contributed by atoms with Gasteiger partial charge in [0.05, 0.1) is 14.7 Å². The molecule has 0 fully saturated rings. The molecule has 0 atom stereocenters. The van der Waals surface area contributed by atoms with Crippen LogP contribution in [-0.2, 0) is 4.57 Å². The van der Waals surface area contributed by atoms with Gasteiger partial charge >= 0.3 is 7.60 Å². The number of hydrogen-bond acceptors (Lipinski definition) is 4. The molecule has 27 heavy (non-hydrogen) atoms. The van der Waals surface area contributed by atoms with Gasteiger partial charge < -0.3 is 9.05 Å². The van der Waals surface area contributed by atoms with Crippen molar-refractivity contribution < 1.29 is 13.6 Å². The fraction of sp³-hybridized carbons (Fsp3) is 0.182. The second-order valence-corrected chi connectivity index (χ2v) is 10.1. The molecule has 0 N–H and O–H groups in total. The molecular weight excluding hydrogens is 375 g/mol. The van der Waals surface area contributed by atoms with Crippen LogP contribution in [0.5, 0.6) is 11.5 Å². The van der Waals surface area contributed by atoms with Crippen LogP contribution in [-0.4, -0.2) is 0 Å². The lowest BCUT2D eigenvalue weighted by molar-refractivity contribution is 0.401. The molecule has 2 bridgehead atoms. The average Bonchev–Trinajstić information content (AvgIpc) is 3.04. The Morgan fingerprint density at radius 3 is 1.70 bits per heavy atom. The first-order valence-corrected chi connectivity index (χ1v) is 11.3. The minimum Gasteiger partial charge on any atom is -0.411 e. The molecule has 0 unspecified atom stereocenters. The van der Waals surface area contributed by atoms with Gasteiger partial charge in [-0.1, -0.05) is 30.3 Å². The zero-order valence-electron chi connectivity index (χ0n) is 15.6. The van der Waals surface area contributed by atoms with Crippen LogP contribution in [0.15, 0.2) is 42.5 Å². The molecule has 3 nitrogen and oxygen atoms in total. The van der Waals surface area contributed by atoms with Gasteiger partial charge in [0, 0.05) is 10.8 Å². The van der Waals surface area contributed by atoms with Crippen molar-refractivity contribution in [3.05, 3.63) is 64.7 Å². The number of benzene rings is 3. The van der Waals surface area contributed by atoms with E-state index in [0.717, 1.165) is 20.5 Å². The second kappa shape index (κ2) is 5.60. The summed E-state index contributed by atoms with van der Waals surface area (Å²) in [5.74, 6) is 1.35. The summed E-state index contributed by atoms with van der Waals surface area (Å²) in [6.45, 7) is 8.25. The van der Waals surface area contributed by atoms with Gasteiger partial charge in [-0.15, -0.1) is 11.3 Å². The predicted molar refractivity (Wildman–Crippen MR) is 113 cm³/mol. The smallest absolute Gasteiger partial charge is 0.411 e. The standard InChI is InChI=1S/C22H19O3PS/c1-12-10-14(3)19-21-17(12)18-13(2)11-15(4)20(22(18)27-21)25-26(23,24-19)16-8-6-5-7-9-16/h5-11H,1-4H3. The lowest BCUT2D eigenvalue weighted by Crippen LogP contribution is -2.15. The molecule has 1 aromatic heterocycles. The van der Waals surface area contributed by atoms with E-state index in [1.807, 2.05) is 44.2 Å². The highest BCUT2D eigenvalue weighted by Gasteiger charge is 2.36. The van der Waals surface area contributed by atoms with E-state index >= 15 is 0 Å². The Morgan fingerprint density at radius 1 is 0.741 bits per heavy atom. The Hall–Kier alpha value is -2.29. The van der Waals surface area contributed by atoms with E-state index < -0.39 is 7.60 Å². The van der Waals surface area contributed by atoms with Gasteiger partial charge in [0.15, 0.2) is 11.5 Å². The second-order valence-electron chi connectivity index (χ2n) is 7.20. The fourth-order valence-corrected chi connectivity index (χ4v) is 7.37. The van der Waals surface area contributed by atoms with Gasteiger partial charge in [-0.05, 0) is 62.1 Å². The van der Waals surface area contributed by atoms with Crippen LogP contribution >= 0.6 is 18.9 Å². The van der Waals surface area contributed by atoms with Gasteiger partial charge in [-0.3, -0.25) is 0 Å². The van der Waals surface area contributed by atoms with Crippen LogP contribution < -0.4 is 14.4 Å². The van der Waals surface area contributed by atoms with E-state index in [1.165, 1.54) is 21.9 Å². The molecule has 0 spiro atoms. The summed E-state index contributed by atoms with van der Waals surface area (Å²) in [5.41, 5.74) is 4.36. The maximum absolute atomic E-state index is 14.0. The van der Waals surface area contributed by atoms with Crippen molar-refractivity contribution in [1.82, 2.24) is 0 Å². The summed E-state index contributed by atoms with van der Waals surface area (Å²) in [6, 6.07) is 13.5. The minimum atomic E-state index is -3.57. The Kier molecular flexibility index (Phi) is 3.50. The lowest BCUT2D eigenvalue weighted by atomic mass is 9.99. The summed E-state index contributed by atoms with van der Waals surface area (Å²) < 4.78 is 28.5. The molecule has 0 amide bonds. The molecule has 4 aromatic rings. The monoisotopic (exact) mass is 394 g/mol. The van der Waals surface area contributed by atoms with E-state index in [1.54, 1.807) is 11.3 Å². The van der Waals surface area contributed by atoms with E-state index in [0.29, 0.717) is 16.8 Å². The van der Waals surface area contributed by atoms with E-state index in [2.05, 4.69) is 26.0 Å². The van der Waals surface area contributed by atoms with Gasteiger partial charge in [0.2, 0.25) is 0 Å². The van der Waals surface area contributed by atoms with Crippen molar-refractivity contribution in [2.24, 2.45) is 0 Å². The molecular formula is C22H19O3PS. The lowest BCUT2D eigenvalue weighted by Gasteiger charge is -2.23. The van der Waals surface area contributed by atoms with Crippen molar-refractivity contribution in [3.8, 4) is 11.5 Å². The third kappa shape index (κ3) is 2.30. The first-order chi connectivity index (χ1) is 12.9. The van der Waals surface area contributed by atoms with Crippen LogP contribution in [0.4, 0.5) is 0 Å². The molecule has 0 saturated carbocycles. The average molecular weight is 394 g/mol. The number of rotatable bonds is 1. The number of thiophene rings is 1. The third-order valence-corrected chi connectivity index (χ3v) is 8.15. The summed E-state index contributed by atoms with van der Waals surface area (Å²) in [4.78, 5) is 0. The summed E-state index contributed by atoms with van der Waals surface area (Å²) in [5, 5.41) is 2.93. The Bertz CT molecular complexity index is 1210. The molecule has 0 radical (unpaired) electrons. The first-order valence-electron chi connectivity index (χ1n) is 8.90. The SMILES string of the molecule is Cc1cc(C)c2c3sc4c(c(C)cc(C)c42)OP(=O)(c2ccccc2)Oc13. The zero-order valence-corrected chi connectivity index (χ0v) is 17.3. The highest BCUT2D eigenvalue weighted by atomic mass is 32.1. The fourth-order valence-electron chi connectivity index (χ4n) is 3.99. The Labute approximate surface area is 162 Å². The van der Waals surface area contributed by atoms with Crippen LogP contribution in [0.2, 0.25) is 0 Å². The number of aryl methyl sites for hydroxylation is 4. The maximum Gasteiger partial charge on any atom is 0.462 e. The molecule has 136 valence electrons. The third-order valence-electron chi connectivity index (χ3n) is 5.19. The molecule has 0 saturated heterocycles. The zero-order chi connectivity index (χ0) is 18.9. The van der Waals surface area contributed by atoms with Crippen molar-refractivity contribution in [2.75, 3.05) is 0 Å². The Balaban J connectivity index is 1.97. The van der Waals surface area contributed by atoms with Crippen molar-refractivity contribution in [2.45, 2.75) is 27.7 Å². The quantitative estimate of drug-likeness (QED) is 0.342. The molecule has 5 heteroatoms. The van der Waals surface area contributed by atoms with Gasteiger partial charge in [0.25, 0.3) is 0 Å². The predicted octanol–water partition coefficient (Wildman–Crippen LogP) is 6.58. The first kappa shape index (κ1) is 16.9. The highest BCUT2D eigenvalue weighted by Crippen LogP contribution is 2.58. The van der Waals surface area contributed by atoms with Gasteiger partial charge in [-0.2, -0.15) is 0 Å². The number of fused-ring (bicyclic) bond motifs is 1. The highest BCUT2D eigenvalue weighted by molar-refractivity contribution is 7.63. The van der Waals surface area contributed by atoms with Crippen LogP contribution in [0.3, 0.4) is 0 Å². The summed E-state index contributed by atoms with van der Waals surface area (Å²) in [6.07, 6.45) is 0. The maximum atomic E-state index is 14.0. The molecule has 2 heterocycles. The molecule has 5 rings (SSSR count). The summed E-state index contributed by atoms with van der Waals surface area (Å²) >= 11 is 1.67.